The van der Waals surface area contributed by atoms with Crippen LogP contribution in [0.3, 0.4) is 0 Å². The number of halogens is 1. The lowest BCUT2D eigenvalue weighted by Crippen LogP contribution is -1.91. The second-order valence-corrected chi connectivity index (χ2v) is 5.78. The summed E-state index contributed by atoms with van der Waals surface area (Å²) in [6.07, 6.45) is 1.49. The van der Waals surface area contributed by atoms with E-state index in [0.717, 1.165) is 0 Å². The van der Waals surface area contributed by atoms with Gasteiger partial charge in [0.05, 0.1) is 6.20 Å². The number of aromatic nitrogens is 1. The molecule has 0 aliphatic heterocycles. The van der Waals surface area contributed by atoms with Gasteiger partial charge in [0.2, 0.25) is 0 Å². The SMILES string of the molecule is N#Cc1cnsc1Nc1ccc(Oc2ccc(Cl)cc2)c(O)c1. The Morgan fingerprint density at radius 3 is 2.70 bits per heavy atom. The Labute approximate surface area is 141 Å². The lowest BCUT2D eigenvalue weighted by molar-refractivity contribution is 0.411. The minimum atomic E-state index is -0.0204. The molecular formula is C16H10ClN3O2S. The summed E-state index contributed by atoms with van der Waals surface area (Å²) in [5, 5.41) is 23.3. The van der Waals surface area contributed by atoms with E-state index < -0.39 is 0 Å². The van der Waals surface area contributed by atoms with Crippen LogP contribution in [0.25, 0.3) is 0 Å². The number of nitrogens with one attached hydrogen (secondary N) is 1. The quantitative estimate of drug-likeness (QED) is 0.703. The molecule has 3 aromatic rings. The van der Waals surface area contributed by atoms with E-state index in [1.54, 1.807) is 36.4 Å². The van der Waals surface area contributed by atoms with Gasteiger partial charge in [0.15, 0.2) is 11.5 Å². The molecule has 0 amide bonds. The van der Waals surface area contributed by atoms with Gasteiger partial charge in [0.25, 0.3) is 0 Å². The highest BCUT2D eigenvalue weighted by molar-refractivity contribution is 7.10. The molecule has 1 heterocycles. The third-order valence-electron chi connectivity index (χ3n) is 2.95. The number of hydrogen-bond acceptors (Lipinski definition) is 6. The Balaban J connectivity index is 1.78. The number of nitrogens with zero attached hydrogens (tertiary/aromatic N) is 2. The molecule has 114 valence electrons. The maximum absolute atomic E-state index is 10.1. The van der Waals surface area contributed by atoms with Crippen LogP contribution in [0, 0.1) is 11.3 Å². The minimum Gasteiger partial charge on any atom is -0.504 e. The lowest BCUT2D eigenvalue weighted by atomic mass is 10.2. The third kappa shape index (κ3) is 3.54. The molecule has 2 aromatic carbocycles. The number of nitriles is 1. The first-order valence-electron chi connectivity index (χ1n) is 6.54. The predicted octanol–water partition coefficient (Wildman–Crippen LogP) is 4.91. The monoisotopic (exact) mass is 343 g/mol. The Hall–Kier alpha value is -2.75. The highest BCUT2D eigenvalue weighted by Gasteiger charge is 2.09. The predicted molar refractivity (Wildman–Crippen MR) is 89.7 cm³/mol. The Morgan fingerprint density at radius 2 is 2.00 bits per heavy atom. The number of phenols is 1. The fraction of sp³-hybridized carbons (Fsp3) is 0. The molecule has 0 fully saturated rings. The Morgan fingerprint density at radius 1 is 1.22 bits per heavy atom. The van der Waals surface area contributed by atoms with Crippen molar-refractivity contribution in [3.05, 3.63) is 59.2 Å². The highest BCUT2D eigenvalue weighted by atomic mass is 35.5. The number of rotatable bonds is 4. The summed E-state index contributed by atoms with van der Waals surface area (Å²) in [5.74, 6) is 0.871. The average Bonchev–Trinajstić information content (AvgIpc) is 2.99. The highest BCUT2D eigenvalue weighted by Crippen LogP contribution is 2.35. The number of anilines is 2. The van der Waals surface area contributed by atoms with Crippen LogP contribution >= 0.6 is 23.1 Å². The van der Waals surface area contributed by atoms with Gasteiger partial charge >= 0.3 is 0 Å². The van der Waals surface area contributed by atoms with E-state index in [2.05, 4.69) is 9.69 Å². The normalized spacial score (nSPS) is 10.1. The topological polar surface area (TPSA) is 78.2 Å². The molecule has 0 aliphatic rings. The second-order valence-electron chi connectivity index (χ2n) is 4.54. The van der Waals surface area contributed by atoms with E-state index in [4.69, 9.17) is 21.6 Å². The van der Waals surface area contributed by atoms with E-state index in [-0.39, 0.29) is 5.75 Å². The molecule has 7 heteroatoms. The molecule has 0 radical (unpaired) electrons. The van der Waals surface area contributed by atoms with Crippen LogP contribution in [-0.2, 0) is 0 Å². The maximum Gasteiger partial charge on any atom is 0.169 e. The molecule has 5 nitrogen and oxygen atoms in total. The summed E-state index contributed by atoms with van der Waals surface area (Å²) in [7, 11) is 0. The van der Waals surface area contributed by atoms with Crippen LogP contribution < -0.4 is 10.1 Å². The summed E-state index contributed by atoms with van der Waals surface area (Å²) in [6.45, 7) is 0. The van der Waals surface area contributed by atoms with Crippen molar-refractivity contribution in [3.8, 4) is 23.3 Å². The van der Waals surface area contributed by atoms with E-state index in [1.807, 2.05) is 6.07 Å². The van der Waals surface area contributed by atoms with Crippen LogP contribution in [0.15, 0.2) is 48.7 Å². The zero-order valence-electron chi connectivity index (χ0n) is 11.7. The van der Waals surface area contributed by atoms with Crippen molar-refractivity contribution in [3.63, 3.8) is 0 Å². The fourth-order valence-electron chi connectivity index (χ4n) is 1.85. The Kier molecular flexibility index (Phi) is 4.33. The third-order valence-corrected chi connectivity index (χ3v) is 3.92. The molecule has 0 spiro atoms. The van der Waals surface area contributed by atoms with Crippen LogP contribution in [-0.4, -0.2) is 9.48 Å². The van der Waals surface area contributed by atoms with Crippen LogP contribution in [0.5, 0.6) is 17.2 Å². The molecule has 0 unspecified atom stereocenters. The summed E-state index contributed by atoms with van der Waals surface area (Å²) in [4.78, 5) is 0. The van der Waals surface area contributed by atoms with E-state index in [1.165, 1.54) is 23.8 Å². The van der Waals surface area contributed by atoms with Gasteiger partial charge in [-0.2, -0.15) is 9.64 Å². The number of phenolic OH excluding ortho intramolecular Hbond substituents is 1. The molecule has 0 bridgehead atoms. The van der Waals surface area contributed by atoms with Gasteiger partial charge < -0.3 is 15.2 Å². The van der Waals surface area contributed by atoms with Gasteiger partial charge in [-0.1, -0.05) is 11.6 Å². The zero-order chi connectivity index (χ0) is 16.2. The molecule has 2 N–H and O–H groups in total. The molecule has 0 saturated carbocycles. The first-order chi connectivity index (χ1) is 11.2. The van der Waals surface area contributed by atoms with Gasteiger partial charge in [-0.3, -0.25) is 0 Å². The first kappa shape index (κ1) is 15.2. The van der Waals surface area contributed by atoms with Gasteiger partial charge in [-0.05, 0) is 47.9 Å². The van der Waals surface area contributed by atoms with Gasteiger partial charge in [-0.15, -0.1) is 0 Å². The molecule has 0 saturated heterocycles. The molecule has 0 atom stereocenters. The van der Waals surface area contributed by atoms with Crippen molar-refractivity contribution in [2.75, 3.05) is 5.32 Å². The number of ether oxygens (including phenoxy) is 1. The molecule has 3 rings (SSSR count). The van der Waals surface area contributed by atoms with Gasteiger partial charge in [0, 0.05) is 16.8 Å². The second kappa shape index (κ2) is 6.57. The lowest BCUT2D eigenvalue weighted by Gasteiger charge is -2.10. The standard InChI is InChI=1S/C16H10ClN3O2S/c17-11-1-4-13(5-2-11)22-15-6-3-12(7-14(15)21)20-16-10(8-18)9-19-23-16/h1-7,9,20-21H. The molecule has 23 heavy (non-hydrogen) atoms. The van der Waals surface area contributed by atoms with Crippen LogP contribution in [0.2, 0.25) is 5.02 Å². The largest absolute Gasteiger partial charge is 0.504 e. The summed E-state index contributed by atoms with van der Waals surface area (Å²) >= 11 is 6.99. The summed E-state index contributed by atoms with van der Waals surface area (Å²) in [6, 6.07) is 13.8. The van der Waals surface area contributed by atoms with Gasteiger partial charge in [0.1, 0.15) is 22.4 Å². The first-order valence-corrected chi connectivity index (χ1v) is 7.69. The molecular weight excluding hydrogens is 334 g/mol. The number of benzene rings is 2. The van der Waals surface area contributed by atoms with Crippen LogP contribution in [0.4, 0.5) is 10.7 Å². The maximum atomic E-state index is 10.1. The fourth-order valence-corrected chi connectivity index (χ4v) is 2.60. The van der Waals surface area contributed by atoms with Crippen molar-refractivity contribution >= 4 is 33.8 Å². The molecule has 1 aromatic heterocycles. The summed E-state index contributed by atoms with van der Waals surface area (Å²) in [5.41, 5.74) is 1.09. The zero-order valence-corrected chi connectivity index (χ0v) is 13.2. The van der Waals surface area contributed by atoms with Crippen molar-refractivity contribution in [1.82, 2.24) is 4.37 Å². The van der Waals surface area contributed by atoms with Crippen molar-refractivity contribution < 1.29 is 9.84 Å². The molecule has 0 aliphatic carbocycles. The summed E-state index contributed by atoms with van der Waals surface area (Å²) < 4.78 is 9.55. The van der Waals surface area contributed by atoms with E-state index >= 15 is 0 Å². The van der Waals surface area contributed by atoms with Gasteiger partial charge in [-0.25, -0.2) is 0 Å². The van der Waals surface area contributed by atoms with E-state index in [9.17, 15) is 5.11 Å². The number of hydrogen-bond donors (Lipinski definition) is 2. The van der Waals surface area contributed by atoms with Crippen molar-refractivity contribution in [2.24, 2.45) is 0 Å². The van der Waals surface area contributed by atoms with Crippen LogP contribution in [0.1, 0.15) is 5.56 Å². The smallest absolute Gasteiger partial charge is 0.169 e. The Bertz CT molecular complexity index is 872. The number of aromatic hydroxyl groups is 1. The van der Waals surface area contributed by atoms with E-state index in [0.29, 0.717) is 32.8 Å². The van der Waals surface area contributed by atoms with Crippen molar-refractivity contribution in [1.29, 1.82) is 5.26 Å². The van der Waals surface area contributed by atoms with Crippen molar-refractivity contribution in [2.45, 2.75) is 0 Å². The minimum absolute atomic E-state index is 0.0204. The average molecular weight is 344 g/mol.